The summed E-state index contributed by atoms with van der Waals surface area (Å²) in [5.41, 5.74) is -0.174. The zero-order valence-corrected chi connectivity index (χ0v) is 12.3. The van der Waals surface area contributed by atoms with E-state index in [4.69, 9.17) is 21.6 Å². The van der Waals surface area contributed by atoms with Crippen LogP contribution in [-0.4, -0.2) is 9.97 Å². The van der Waals surface area contributed by atoms with E-state index >= 15 is 0 Å². The van der Waals surface area contributed by atoms with Gasteiger partial charge in [0.2, 0.25) is 11.2 Å². The van der Waals surface area contributed by atoms with Crippen molar-refractivity contribution >= 4 is 33.2 Å². The molecule has 0 saturated heterocycles. The lowest BCUT2D eigenvalue weighted by Crippen LogP contribution is -1.95. The molecule has 2 aromatic heterocycles. The molecule has 0 aliphatic heterocycles. The molecule has 0 N–H and O–H groups in total. The molecule has 7 heteroatoms. The van der Waals surface area contributed by atoms with Crippen molar-refractivity contribution in [1.29, 1.82) is 5.26 Å². The maximum Gasteiger partial charge on any atom is 0.232 e. The summed E-state index contributed by atoms with van der Waals surface area (Å²) in [6, 6.07) is 7.80. The molecule has 1 aromatic carbocycles. The first-order valence-corrected chi connectivity index (χ1v) is 7.08. The van der Waals surface area contributed by atoms with Gasteiger partial charge < -0.3 is 4.74 Å². The number of benzene rings is 1. The fraction of sp³-hybridized carbons (Fsp3) is 0.0714. The summed E-state index contributed by atoms with van der Waals surface area (Å²) < 4.78 is 19.2. The average molecular weight is 320 g/mol. The number of thiophene rings is 1. The molecule has 3 aromatic rings. The molecular formula is C14H7ClFN3OS. The smallest absolute Gasteiger partial charge is 0.232 e. The molecule has 0 radical (unpaired) electrons. The van der Waals surface area contributed by atoms with Crippen LogP contribution < -0.4 is 4.74 Å². The molecule has 0 saturated carbocycles. The SMILES string of the molecule is Cc1cc2c(Oc3cccc(F)c3C#N)nc(Cl)nc2s1. The van der Waals surface area contributed by atoms with Crippen molar-refractivity contribution in [1.82, 2.24) is 9.97 Å². The van der Waals surface area contributed by atoms with Crippen molar-refractivity contribution in [2.45, 2.75) is 6.92 Å². The molecule has 0 amide bonds. The Hall–Kier alpha value is -2.23. The second-order valence-electron chi connectivity index (χ2n) is 4.20. The highest BCUT2D eigenvalue weighted by molar-refractivity contribution is 7.18. The number of hydrogen-bond acceptors (Lipinski definition) is 5. The normalized spacial score (nSPS) is 10.6. The molecule has 4 nitrogen and oxygen atoms in total. The van der Waals surface area contributed by atoms with Crippen LogP contribution in [0.4, 0.5) is 4.39 Å². The molecular weight excluding hydrogens is 313 g/mol. The van der Waals surface area contributed by atoms with Crippen LogP contribution in [-0.2, 0) is 0 Å². The Kier molecular flexibility index (Phi) is 3.45. The monoisotopic (exact) mass is 319 g/mol. The Morgan fingerprint density at radius 1 is 1.38 bits per heavy atom. The van der Waals surface area contributed by atoms with Crippen molar-refractivity contribution in [3.63, 3.8) is 0 Å². The molecule has 0 atom stereocenters. The summed E-state index contributed by atoms with van der Waals surface area (Å²) in [5, 5.41) is 9.73. The van der Waals surface area contributed by atoms with Crippen molar-refractivity contribution in [2.24, 2.45) is 0 Å². The third kappa shape index (κ3) is 2.53. The van der Waals surface area contributed by atoms with Gasteiger partial charge in [0.15, 0.2) is 0 Å². The summed E-state index contributed by atoms with van der Waals surface area (Å²) in [5.74, 6) is -0.346. The maximum atomic E-state index is 13.6. The van der Waals surface area contributed by atoms with Crippen LogP contribution in [0.15, 0.2) is 24.3 Å². The van der Waals surface area contributed by atoms with E-state index in [1.807, 2.05) is 13.0 Å². The van der Waals surface area contributed by atoms with Crippen molar-refractivity contribution in [2.75, 3.05) is 0 Å². The lowest BCUT2D eigenvalue weighted by atomic mass is 10.2. The van der Waals surface area contributed by atoms with Crippen molar-refractivity contribution in [3.05, 3.63) is 45.8 Å². The first-order valence-electron chi connectivity index (χ1n) is 5.88. The Morgan fingerprint density at radius 3 is 2.95 bits per heavy atom. The molecule has 104 valence electrons. The number of aryl methyl sites for hydroxylation is 1. The van der Waals surface area contributed by atoms with Crippen LogP contribution in [0.2, 0.25) is 5.28 Å². The van der Waals surface area contributed by atoms with Gasteiger partial charge in [-0.1, -0.05) is 6.07 Å². The first kappa shape index (κ1) is 13.7. The van der Waals surface area contributed by atoms with Gasteiger partial charge in [0.25, 0.3) is 0 Å². The minimum Gasteiger partial charge on any atom is -0.437 e. The Balaban J connectivity index is 2.15. The Labute approximate surface area is 128 Å². The largest absolute Gasteiger partial charge is 0.437 e. The number of nitrogens with zero attached hydrogens (tertiary/aromatic N) is 3. The summed E-state index contributed by atoms with van der Waals surface area (Å²) >= 11 is 7.32. The first-order chi connectivity index (χ1) is 10.1. The highest BCUT2D eigenvalue weighted by Crippen LogP contribution is 2.34. The molecule has 3 rings (SSSR count). The zero-order valence-electron chi connectivity index (χ0n) is 10.7. The number of aromatic nitrogens is 2. The molecule has 2 heterocycles. The van der Waals surface area contributed by atoms with E-state index in [9.17, 15) is 4.39 Å². The lowest BCUT2D eigenvalue weighted by Gasteiger charge is -2.07. The summed E-state index contributed by atoms with van der Waals surface area (Å²) in [6.45, 7) is 1.92. The van der Waals surface area contributed by atoms with Gasteiger partial charge in [-0.05, 0) is 36.7 Å². The van der Waals surface area contributed by atoms with Crippen LogP contribution >= 0.6 is 22.9 Å². The fourth-order valence-corrected chi connectivity index (χ4v) is 2.95. The summed E-state index contributed by atoms with van der Waals surface area (Å²) in [6.07, 6.45) is 0. The zero-order chi connectivity index (χ0) is 15.0. The van der Waals surface area contributed by atoms with E-state index in [1.165, 1.54) is 29.5 Å². The third-order valence-corrected chi connectivity index (χ3v) is 3.86. The second kappa shape index (κ2) is 5.28. The third-order valence-electron chi connectivity index (χ3n) is 2.75. The van der Waals surface area contributed by atoms with Crippen LogP contribution in [0.25, 0.3) is 10.2 Å². The number of hydrogen-bond donors (Lipinski definition) is 0. The number of nitriles is 1. The maximum absolute atomic E-state index is 13.6. The predicted octanol–water partition coefficient (Wildman–Crippen LogP) is 4.46. The van der Waals surface area contributed by atoms with E-state index < -0.39 is 5.82 Å². The van der Waals surface area contributed by atoms with Gasteiger partial charge in [-0.3, -0.25) is 0 Å². The molecule has 0 bridgehead atoms. The van der Waals surface area contributed by atoms with E-state index in [2.05, 4.69) is 9.97 Å². The summed E-state index contributed by atoms with van der Waals surface area (Å²) in [7, 11) is 0. The number of fused-ring (bicyclic) bond motifs is 1. The molecule has 0 aliphatic rings. The average Bonchev–Trinajstić information content (AvgIpc) is 2.79. The lowest BCUT2D eigenvalue weighted by molar-refractivity contribution is 0.461. The van der Waals surface area contributed by atoms with Gasteiger partial charge in [-0.15, -0.1) is 11.3 Å². The van der Waals surface area contributed by atoms with Gasteiger partial charge >= 0.3 is 0 Å². The van der Waals surface area contributed by atoms with Crippen molar-refractivity contribution in [3.8, 4) is 17.7 Å². The highest BCUT2D eigenvalue weighted by Gasteiger charge is 2.15. The quantitative estimate of drug-likeness (QED) is 0.654. The minimum atomic E-state index is -0.645. The molecule has 0 fully saturated rings. The van der Waals surface area contributed by atoms with Crippen LogP contribution in [0.3, 0.4) is 0 Å². The van der Waals surface area contributed by atoms with E-state index in [0.717, 1.165) is 4.88 Å². The van der Waals surface area contributed by atoms with Crippen LogP contribution in [0.1, 0.15) is 10.4 Å². The molecule has 21 heavy (non-hydrogen) atoms. The van der Waals surface area contributed by atoms with Crippen LogP contribution in [0, 0.1) is 24.1 Å². The standard InChI is InChI=1S/C14H7ClFN3OS/c1-7-5-8-12(18-14(15)19-13(8)21-7)20-11-4-2-3-10(16)9(11)6-17/h2-5H,1H3. The number of rotatable bonds is 2. The van der Waals surface area contributed by atoms with E-state index in [1.54, 1.807) is 6.07 Å². The van der Waals surface area contributed by atoms with Gasteiger partial charge in [0.1, 0.15) is 28.0 Å². The fourth-order valence-electron chi connectivity index (χ4n) is 1.87. The Bertz CT molecular complexity index is 888. The second-order valence-corrected chi connectivity index (χ2v) is 5.77. The summed E-state index contributed by atoms with van der Waals surface area (Å²) in [4.78, 5) is 9.83. The van der Waals surface area contributed by atoms with E-state index in [0.29, 0.717) is 10.2 Å². The Morgan fingerprint density at radius 2 is 2.19 bits per heavy atom. The van der Waals surface area contributed by atoms with Gasteiger partial charge in [0, 0.05) is 4.88 Å². The van der Waals surface area contributed by atoms with Gasteiger partial charge in [-0.25, -0.2) is 9.37 Å². The minimum absolute atomic E-state index is 0.0364. The van der Waals surface area contributed by atoms with E-state index in [-0.39, 0.29) is 22.5 Å². The molecule has 0 aliphatic carbocycles. The van der Waals surface area contributed by atoms with Crippen LogP contribution in [0.5, 0.6) is 11.6 Å². The topological polar surface area (TPSA) is 58.8 Å². The number of halogens is 2. The predicted molar refractivity (Wildman–Crippen MR) is 78.4 cm³/mol. The van der Waals surface area contributed by atoms with Gasteiger partial charge in [0.05, 0.1) is 5.39 Å². The van der Waals surface area contributed by atoms with Gasteiger partial charge in [-0.2, -0.15) is 10.2 Å². The van der Waals surface area contributed by atoms with Crippen molar-refractivity contribution < 1.29 is 9.13 Å². The number of ether oxygens (including phenoxy) is 1. The molecule has 0 unspecified atom stereocenters. The molecule has 0 spiro atoms. The highest BCUT2D eigenvalue weighted by atomic mass is 35.5.